The molecule has 1 N–H and O–H groups in total. The quantitative estimate of drug-likeness (QED) is 0.743. The average molecular weight is 357 g/mol. The van der Waals surface area contributed by atoms with Gasteiger partial charge in [-0.2, -0.15) is 5.10 Å². The molecule has 3 atom stereocenters. The highest BCUT2D eigenvalue weighted by molar-refractivity contribution is 5.83. The van der Waals surface area contributed by atoms with Crippen LogP contribution in [0, 0.1) is 11.8 Å². The van der Waals surface area contributed by atoms with Gasteiger partial charge in [-0.05, 0) is 42.9 Å². The molecule has 4 nitrogen and oxygen atoms in total. The van der Waals surface area contributed by atoms with Gasteiger partial charge in [-0.1, -0.05) is 37.3 Å². The normalized spacial score (nSPS) is 27.1. The molecule has 5 rings (SSSR count). The number of aromatic nitrogens is 3. The Morgan fingerprint density at radius 2 is 1.96 bits per heavy atom. The molecule has 2 aromatic heterocycles. The predicted molar refractivity (Wildman–Crippen MR) is 104 cm³/mol. The molecule has 2 aliphatic rings. The monoisotopic (exact) mass is 357 g/mol. The lowest BCUT2D eigenvalue weighted by Gasteiger charge is -2.49. The minimum absolute atomic E-state index is 0.0747. The van der Waals surface area contributed by atoms with Crippen molar-refractivity contribution in [1.82, 2.24) is 15.2 Å². The molecule has 3 aromatic rings. The molecular weight excluding hydrogens is 334 g/mol. The second kappa shape index (κ2) is 6.15. The summed E-state index contributed by atoms with van der Waals surface area (Å²) in [4.78, 5) is 16.8. The number of H-pyrrole nitrogens is 1. The second-order valence-corrected chi connectivity index (χ2v) is 7.91. The number of nitrogens with one attached hydrogen (secondary N) is 1. The number of Topliss-reactive ketones (excluding diaryl/α,β-unsaturated/α-hetero) is 1. The van der Waals surface area contributed by atoms with Gasteiger partial charge in [0.15, 0.2) is 0 Å². The summed E-state index contributed by atoms with van der Waals surface area (Å²) in [6.45, 7) is 2.11. The lowest BCUT2D eigenvalue weighted by atomic mass is 9.53. The van der Waals surface area contributed by atoms with Gasteiger partial charge in [0, 0.05) is 41.3 Å². The van der Waals surface area contributed by atoms with Crippen molar-refractivity contribution in [1.29, 1.82) is 0 Å². The maximum Gasteiger partial charge on any atom is 0.136 e. The largest absolute Gasteiger partial charge is 0.299 e. The van der Waals surface area contributed by atoms with Crippen molar-refractivity contribution < 1.29 is 4.79 Å². The zero-order chi connectivity index (χ0) is 18.4. The van der Waals surface area contributed by atoms with E-state index in [1.165, 1.54) is 11.1 Å². The number of aromatic amines is 1. The number of hydrogen-bond acceptors (Lipinski definition) is 3. The first-order valence-corrected chi connectivity index (χ1v) is 9.78. The lowest BCUT2D eigenvalue weighted by Crippen LogP contribution is -2.49. The molecule has 1 saturated carbocycles. The van der Waals surface area contributed by atoms with Crippen LogP contribution in [0.5, 0.6) is 0 Å². The maximum absolute atomic E-state index is 12.5. The minimum atomic E-state index is -0.181. The number of rotatable bonds is 2. The number of benzene rings is 1. The van der Waals surface area contributed by atoms with Crippen LogP contribution in [0.25, 0.3) is 11.3 Å². The van der Waals surface area contributed by atoms with Gasteiger partial charge in [-0.15, -0.1) is 0 Å². The zero-order valence-electron chi connectivity index (χ0n) is 15.5. The van der Waals surface area contributed by atoms with Crippen LogP contribution < -0.4 is 0 Å². The number of ketones is 1. The maximum atomic E-state index is 12.5. The molecule has 0 radical (unpaired) electrons. The van der Waals surface area contributed by atoms with E-state index >= 15 is 0 Å². The second-order valence-electron chi connectivity index (χ2n) is 7.91. The molecule has 0 saturated heterocycles. The van der Waals surface area contributed by atoms with E-state index in [4.69, 9.17) is 5.10 Å². The SMILES string of the molecule is C[C@@H]1C(=O)CC[C@]2(c3ccccc3)c3n[nH]c(-c4cccnc4)c3CC[C@@H]12. The molecule has 1 fully saturated rings. The van der Waals surface area contributed by atoms with Crippen molar-refractivity contribution in [3.8, 4) is 11.3 Å². The van der Waals surface area contributed by atoms with Crippen molar-refractivity contribution in [3.63, 3.8) is 0 Å². The van der Waals surface area contributed by atoms with Gasteiger partial charge in [0.2, 0.25) is 0 Å². The predicted octanol–water partition coefficient (Wildman–Crippen LogP) is 4.32. The van der Waals surface area contributed by atoms with Crippen molar-refractivity contribution >= 4 is 5.78 Å². The molecule has 4 heteroatoms. The fourth-order valence-corrected chi connectivity index (χ4v) is 5.43. The van der Waals surface area contributed by atoms with Crippen molar-refractivity contribution in [2.75, 3.05) is 0 Å². The van der Waals surface area contributed by atoms with Gasteiger partial charge in [0.05, 0.1) is 11.4 Å². The molecule has 0 aliphatic heterocycles. The molecule has 136 valence electrons. The minimum Gasteiger partial charge on any atom is -0.299 e. The summed E-state index contributed by atoms with van der Waals surface area (Å²) in [5.41, 5.74) is 5.70. The summed E-state index contributed by atoms with van der Waals surface area (Å²) in [5.74, 6) is 0.780. The number of hydrogen-bond donors (Lipinski definition) is 1. The van der Waals surface area contributed by atoms with Crippen molar-refractivity contribution in [2.24, 2.45) is 11.8 Å². The smallest absolute Gasteiger partial charge is 0.136 e. The highest BCUT2D eigenvalue weighted by atomic mass is 16.1. The van der Waals surface area contributed by atoms with Gasteiger partial charge >= 0.3 is 0 Å². The Morgan fingerprint density at radius 3 is 2.74 bits per heavy atom. The Balaban J connectivity index is 1.73. The third-order valence-corrected chi connectivity index (χ3v) is 6.74. The van der Waals surface area contributed by atoms with Gasteiger partial charge in [0.25, 0.3) is 0 Å². The molecule has 0 amide bonds. The van der Waals surface area contributed by atoms with E-state index in [9.17, 15) is 4.79 Å². The van der Waals surface area contributed by atoms with Crippen LogP contribution in [0.3, 0.4) is 0 Å². The van der Waals surface area contributed by atoms with Crippen LogP contribution in [0.15, 0.2) is 54.9 Å². The number of carbonyl (C=O) groups is 1. The zero-order valence-corrected chi connectivity index (χ0v) is 15.5. The van der Waals surface area contributed by atoms with Crippen molar-refractivity contribution in [3.05, 3.63) is 71.7 Å². The summed E-state index contributed by atoms with van der Waals surface area (Å²) in [6.07, 6.45) is 7.12. The molecule has 27 heavy (non-hydrogen) atoms. The first-order valence-electron chi connectivity index (χ1n) is 9.78. The lowest BCUT2D eigenvalue weighted by molar-refractivity contribution is -0.128. The van der Waals surface area contributed by atoms with E-state index in [1.807, 2.05) is 12.3 Å². The van der Waals surface area contributed by atoms with Gasteiger partial charge in [0.1, 0.15) is 5.78 Å². The van der Waals surface area contributed by atoms with E-state index in [0.717, 1.165) is 36.2 Å². The molecular formula is C23H23N3O. The fourth-order valence-electron chi connectivity index (χ4n) is 5.43. The van der Waals surface area contributed by atoms with E-state index in [1.54, 1.807) is 6.20 Å². The molecule has 0 unspecified atom stereocenters. The van der Waals surface area contributed by atoms with E-state index < -0.39 is 0 Å². The Bertz CT molecular complexity index is 979. The third kappa shape index (κ3) is 2.32. The highest BCUT2D eigenvalue weighted by Crippen LogP contribution is 2.55. The van der Waals surface area contributed by atoms with Crippen LogP contribution in [-0.2, 0) is 16.6 Å². The summed E-state index contributed by atoms with van der Waals surface area (Å²) < 4.78 is 0. The first kappa shape index (κ1) is 16.4. The summed E-state index contributed by atoms with van der Waals surface area (Å²) >= 11 is 0. The van der Waals surface area contributed by atoms with Crippen LogP contribution >= 0.6 is 0 Å². The van der Waals surface area contributed by atoms with Crippen LogP contribution in [0.1, 0.15) is 43.0 Å². The number of nitrogens with zero attached hydrogens (tertiary/aromatic N) is 2. The van der Waals surface area contributed by atoms with Crippen LogP contribution in [-0.4, -0.2) is 21.0 Å². The third-order valence-electron chi connectivity index (χ3n) is 6.74. The summed E-state index contributed by atoms with van der Waals surface area (Å²) in [5, 5.41) is 8.17. The van der Waals surface area contributed by atoms with Crippen molar-refractivity contribution in [2.45, 2.75) is 38.0 Å². The summed E-state index contributed by atoms with van der Waals surface area (Å²) in [6, 6.07) is 14.7. The van der Waals surface area contributed by atoms with Gasteiger partial charge < -0.3 is 0 Å². The molecule has 2 aliphatic carbocycles. The average Bonchev–Trinajstić information content (AvgIpc) is 3.17. The van der Waals surface area contributed by atoms with E-state index in [-0.39, 0.29) is 11.3 Å². The standard InChI is InChI=1S/C23H23N3O/c1-15-19-10-9-18-21(16-6-5-13-24-14-16)25-26-22(18)23(19,12-11-20(15)27)17-7-3-2-4-8-17/h2-8,13-15,19H,9-12H2,1H3,(H,25,26)/t15-,19-,23+/m0/s1. The number of carbonyl (C=O) groups excluding carboxylic acids is 1. The molecule has 0 spiro atoms. The first-order chi connectivity index (χ1) is 13.2. The van der Waals surface area contributed by atoms with Crippen LogP contribution in [0.4, 0.5) is 0 Å². The Labute approximate surface area is 159 Å². The number of pyridine rings is 1. The fraction of sp³-hybridized carbons (Fsp3) is 0.348. The van der Waals surface area contributed by atoms with Gasteiger partial charge in [-0.25, -0.2) is 0 Å². The molecule has 2 heterocycles. The van der Waals surface area contributed by atoms with E-state index in [0.29, 0.717) is 18.1 Å². The highest BCUT2D eigenvalue weighted by Gasteiger charge is 2.53. The number of fused-ring (bicyclic) bond motifs is 3. The molecule has 1 aromatic carbocycles. The Morgan fingerprint density at radius 1 is 1.11 bits per heavy atom. The topological polar surface area (TPSA) is 58.6 Å². The Hall–Kier alpha value is -2.75. The van der Waals surface area contributed by atoms with E-state index in [2.05, 4.69) is 53.4 Å². The van der Waals surface area contributed by atoms with Crippen LogP contribution in [0.2, 0.25) is 0 Å². The molecule has 0 bridgehead atoms. The van der Waals surface area contributed by atoms with Gasteiger partial charge in [-0.3, -0.25) is 14.9 Å². The Kier molecular flexibility index (Phi) is 3.74. The summed E-state index contributed by atoms with van der Waals surface area (Å²) in [7, 11) is 0.